The molecule has 0 unspecified atom stereocenters. The molecular formula is C26H44. The molecule has 2 rings (SSSR count). The summed E-state index contributed by atoms with van der Waals surface area (Å²) in [6.45, 7) is 4.61. The molecule has 148 valence electrons. The van der Waals surface area contributed by atoms with Crippen molar-refractivity contribution in [3.05, 3.63) is 12.2 Å². The van der Waals surface area contributed by atoms with Gasteiger partial charge in [0, 0.05) is 5.92 Å². The minimum atomic E-state index is 0.677. The van der Waals surface area contributed by atoms with Crippen molar-refractivity contribution in [3.63, 3.8) is 0 Å². The Morgan fingerprint density at radius 1 is 0.692 bits per heavy atom. The van der Waals surface area contributed by atoms with E-state index < -0.39 is 0 Å². The van der Waals surface area contributed by atoms with E-state index in [0.29, 0.717) is 5.92 Å². The first-order valence-electron chi connectivity index (χ1n) is 12.0. The molecule has 0 amide bonds. The number of hydrogen-bond donors (Lipinski definition) is 0. The summed E-state index contributed by atoms with van der Waals surface area (Å²) in [5.41, 5.74) is 0. The smallest absolute Gasteiger partial charge is 0.0206 e. The second-order valence-electron chi connectivity index (χ2n) is 9.14. The number of unbranched alkanes of at least 4 members (excludes halogenated alkanes) is 4. The van der Waals surface area contributed by atoms with Gasteiger partial charge in [-0.3, -0.25) is 0 Å². The summed E-state index contributed by atoms with van der Waals surface area (Å²) < 4.78 is 0. The number of allylic oxidation sites excluding steroid dienone is 2. The summed E-state index contributed by atoms with van der Waals surface area (Å²) in [7, 11) is 0. The van der Waals surface area contributed by atoms with Crippen molar-refractivity contribution in [1.82, 2.24) is 0 Å². The van der Waals surface area contributed by atoms with Crippen molar-refractivity contribution >= 4 is 0 Å². The molecular weight excluding hydrogens is 312 g/mol. The molecule has 0 aromatic carbocycles. The van der Waals surface area contributed by atoms with Gasteiger partial charge in [0.05, 0.1) is 0 Å². The van der Waals surface area contributed by atoms with Crippen molar-refractivity contribution in [3.8, 4) is 11.8 Å². The van der Waals surface area contributed by atoms with Crippen LogP contribution in [-0.2, 0) is 0 Å². The molecule has 0 N–H and O–H groups in total. The van der Waals surface area contributed by atoms with Crippen LogP contribution < -0.4 is 0 Å². The zero-order chi connectivity index (χ0) is 18.5. The molecule has 0 aromatic heterocycles. The van der Waals surface area contributed by atoms with E-state index in [1.807, 2.05) is 0 Å². The molecule has 0 aliphatic heterocycles. The Morgan fingerprint density at radius 2 is 1.23 bits per heavy atom. The fourth-order valence-corrected chi connectivity index (χ4v) is 4.98. The van der Waals surface area contributed by atoms with E-state index >= 15 is 0 Å². The molecule has 2 aliphatic rings. The predicted molar refractivity (Wildman–Crippen MR) is 116 cm³/mol. The van der Waals surface area contributed by atoms with Crippen LogP contribution in [-0.4, -0.2) is 0 Å². The van der Waals surface area contributed by atoms with Crippen LogP contribution in [0.3, 0.4) is 0 Å². The van der Waals surface area contributed by atoms with Crippen molar-refractivity contribution in [2.45, 2.75) is 117 Å². The number of hydrogen-bond acceptors (Lipinski definition) is 0. The lowest BCUT2D eigenvalue weighted by Crippen LogP contribution is -2.13. The van der Waals surface area contributed by atoms with Crippen LogP contribution >= 0.6 is 0 Å². The van der Waals surface area contributed by atoms with Gasteiger partial charge in [0.1, 0.15) is 0 Å². The van der Waals surface area contributed by atoms with Crippen LogP contribution in [0.2, 0.25) is 0 Å². The first kappa shape index (κ1) is 21.6. The van der Waals surface area contributed by atoms with Crippen LogP contribution in [0.15, 0.2) is 12.2 Å². The second-order valence-corrected chi connectivity index (χ2v) is 9.14. The average molecular weight is 357 g/mol. The van der Waals surface area contributed by atoms with Gasteiger partial charge < -0.3 is 0 Å². The molecule has 0 aromatic rings. The van der Waals surface area contributed by atoms with Crippen LogP contribution in [0.25, 0.3) is 0 Å². The first-order chi connectivity index (χ1) is 12.8. The summed E-state index contributed by atoms with van der Waals surface area (Å²) >= 11 is 0. The fraction of sp³-hybridized carbons (Fsp3) is 0.846. The van der Waals surface area contributed by atoms with Crippen molar-refractivity contribution in [2.24, 2.45) is 23.7 Å². The largest absolute Gasteiger partial charge is 0.0951 e. The normalized spacial score (nSPS) is 29.5. The Hall–Kier alpha value is -0.700. The minimum Gasteiger partial charge on any atom is -0.0951 e. The van der Waals surface area contributed by atoms with Gasteiger partial charge in [-0.25, -0.2) is 0 Å². The van der Waals surface area contributed by atoms with E-state index in [4.69, 9.17) is 0 Å². The van der Waals surface area contributed by atoms with Gasteiger partial charge in [-0.2, -0.15) is 0 Å². The molecule has 0 heterocycles. The molecule has 0 radical (unpaired) electrons. The van der Waals surface area contributed by atoms with Gasteiger partial charge >= 0.3 is 0 Å². The zero-order valence-electron chi connectivity index (χ0n) is 17.8. The van der Waals surface area contributed by atoms with Gasteiger partial charge in [0.2, 0.25) is 0 Å². The average Bonchev–Trinajstić information content (AvgIpc) is 2.68. The highest BCUT2D eigenvalue weighted by molar-refractivity contribution is 5.18. The standard InChI is InChI=1S/C26H44/c1-3-5-7-11-23-15-19-25(20-16-23)13-9-10-14-26-21-17-24(18-22-26)12-8-6-4-2/h9,13,23-26H,3-8,11-12,15-22H2,1-2H3/b13-9+. The monoisotopic (exact) mass is 356 g/mol. The lowest BCUT2D eigenvalue weighted by molar-refractivity contribution is 0.289. The van der Waals surface area contributed by atoms with Crippen molar-refractivity contribution < 1.29 is 0 Å². The molecule has 0 heteroatoms. The van der Waals surface area contributed by atoms with E-state index in [2.05, 4.69) is 37.8 Å². The van der Waals surface area contributed by atoms with Gasteiger partial charge in [-0.15, -0.1) is 0 Å². The Bertz CT molecular complexity index is 419. The summed E-state index contributed by atoms with van der Waals surface area (Å²) in [4.78, 5) is 0. The van der Waals surface area contributed by atoms with E-state index in [9.17, 15) is 0 Å². The van der Waals surface area contributed by atoms with Gasteiger partial charge in [-0.1, -0.05) is 83.1 Å². The molecule has 26 heavy (non-hydrogen) atoms. The van der Waals surface area contributed by atoms with Crippen molar-refractivity contribution in [1.29, 1.82) is 0 Å². The second kappa shape index (κ2) is 13.5. The predicted octanol–water partition coefficient (Wildman–Crippen LogP) is 8.32. The topological polar surface area (TPSA) is 0 Å². The highest BCUT2D eigenvalue weighted by Crippen LogP contribution is 2.33. The zero-order valence-corrected chi connectivity index (χ0v) is 17.8. The van der Waals surface area contributed by atoms with E-state index in [0.717, 1.165) is 17.8 Å². The van der Waals surface area contributed by atoms with Gasteiger partial charge in [0.25, 0.3) is 0 Å². The molecule has 0 saturated heterocycles. The van der Waals surface area contributed by atoms with Crippen molar-refractivity contribution in [2.75, 3.05) is 0 Å². The maximum Gasteiger partial charge on any atom is 0.0206 e. The lowest BCUT2D eigenvalue weighted by atomic mass is 9.79. The maximum atomic E-state index is 3.56. The summed E-state index contributed by atoms with van der Waals surface area (Å²) in [6, 6.07) is 0. The molecule has 0 bridgehead atoms. The Kier molecular flexibility index (Phi) is 11.2. The van der Waals surface area contributed by atoms with Gasteiger partial charge in [0.15, 0.2) is 0 Å². The van der Waals surface area contributed by atoms with E-state index in [1.54, 1.807) is 0 Å². The third-order valence-electron chi connectivity index (χ3n) is 6.91. The SMILES string of the molecule is CCCCCC1CCC(C#C/C=C/C2CCC(CCCCC)CC2)CC1. The third kappa shape index (κ3) is 8.79. The molecule has 2 fully saturated rings. The molecule has 0 atom stereocenters. The molecule has 2 saturated carbocycles. The molecule has 2 aliphatic carbocycles. The maximum absolute atomic E-state index is 3.56. The highest BCUT2D eigenvalue weighted by atomic mass is 14.2. The van der Waals surface area contributed by atoms with Gasteiger partial charge in [-0.05, 0) is 75.2 Å². The summed E-state index contributed by atoms with van der Waals surface area (Å²) in [5, 5.41) is 0. The number of rotatable bonds is 9. The quantitative estimate of drug-likeness (QED) is 0.288. The Morgan fingerprint density at radius 3 is 1.77 bits per heavy atom. The van der Waals surface area contributed by atoms with E-state index in [1.165, 1.54) is 103 Å². The fourth-order valence-electron chi connectivity index (χ4n) is 4.98. The van der Waals surface area contributed by atoms with Crippen LogP contribution in [0, 0.1) is 35.5 Å². The minimum absolute atomic E-state index is 0.677. The summed E-state index contributed by atoms with van der Waals surface area (Å²) in [6.07, 6.45) is 27.3. The lowest BCUT2D eigenvalue weighted by Gasteiger charge is -2.26. The van der Waals surface area contributed by atoms with E-state index in [-0.39, 0.29) is 0 Å². The summed E-state index contributed by atoms with van der Waals surface area (Å²) in [5.74, 6) is 10.5. The molecule has 0 spiro atoms. The van der Waals surface area contributed by atoms with Crippen LogP contribution in [0.1, 0.15) is 117 Å². The third-order valence-corrected chi connectivity index (χ3v) is 6.91. The first-order valence-corrected chi connectivity index (χ1v) is 12.0. The highest BCUT2D eigenvalue weighted by Gasteiger charge is 2.20. The Balaban J connectivity index is 1.57. The van der Waals surface area contributed by atoms with Crippen LogP contribution in [0.5, 0.6) is 0 Å². The Labute approximate surface area is 164 Å². The van der Waals surface area contributed by atoms with Crippen LogP contribution in [0.4, 0.5) is 0 Å². The molecule has 0 nitrogen and oxygen atoms in total.